The van der Waals surface area contributed by atoms with Crippen LogP contribution in [0.4, 0.5) is 0 Å². The number of ether oxygens (including phenoxy) is 2. The standard InChI is InChI=1S/C23H24BrN3O2/c1-5-15(4)29-22-18(24)11-16(12-21(22)28-6-2)10-17(13-25)23-26-19-8-7-14(3)9-20(19)27-23/h7-12,15H,5-6H2,1-4H3,(H,26,27)/b17-10-/t15-/m1/s1. The minimum atomic E-state index is 0.0700. The van der Waals surface area contributed by atoms with Crippen LogP contribution in [0.3, 0.4) is 0 Å². The second-order valence-corrected chi connectivity index (χ2v) is 7.73. The Balaban J connectivity index is 2.03. The Morgan fingerprint density at radius 1 is 1.31 bits per heavy atom. The Labute approximate surface area is 179 Å². The molecule has 0 saturated heterocycles. The molecule has 5 nitrogen and oxygen atoms in total. The number of H-pyrrole nitrogens is 1. The third-order valence-corrected chi connectivity index (χ3v) is 5.14. The van der Waals surface area contributed by atoms with Crippen molar-refractivity contribution in [2.75, 3.05) is 6.61 Å². The first-order valence-electron chi connectivity index (χ1n) is 9.66. The molecule has 3 rings (SSSR count). The van der Waals surface area contributed by atoms with Crippen molar-refractivity contribution in [2.24, 2.45) is 0 Å². The summed E-state index contributed by atoms with van der Waals surface area (Å²) in [5.74, 6) is 1.86. The smallest absolute Gasteiger partial charge is 0.175 e. The van der Waals surface area contributed by atoms with Gasteiger partial charge in [0.2, 0.25) is 0 Å². The maximum atomic E-state index is 9.72. The van der Waals surface area contributed by atoms with Crippen LogP contribution in [0.1, 0.15) is 44.1 Å². The second-order valence-electron chi connectivity index (χ2n) is 6.88. The molecule has 0 saturated carbocycles. The van der Waals surface area contributed by atoms with Crippen molar-refractivity contribution in [1.29, 1.82) is 5.26 Å². The Morgan fingerprint density at radius 2 is 2.10 bits per heavy atom. The van der Waals surface area contributed by atoms with Crippen LogP contribution in [0, 0.1) is 18.3 Å². The zero-order chi connectivity index (χ0) is 21.0. The van der Waals surface area contributed by atoms with E-state index in [0.29, 0.717) is 29.5 Å². The van der Waals surface area contributed by atoms with Gasteiger partial charge in [-0.2, -0.15) is 5.26 Å². The maximum absolute atomic E-state index is 9.72. The first kappa shape index (κ1) is 20.9. The molecule has 3 aromatic rings. The molecule has 0 radical (unpaired) electrons. The zero-order valence-electron chi connectivity index (χ0n) is 17.0. The van der Waals surface area contributed by atoms with Crippen molar-refractivity contribution >= 4 is 38.6 Å². The number of aryl methyl sites for hydroxylation is 1. The number of hydrogen-bond donors (Lipinski definition) is 1. The fourth-order valence-corrected chi connectivity index (χ4v) is 3.46. The lowest BCUT2D eigenvalue weighted by molar-refractivity contribution is 0.202. The van der Waals surface area contributed by atoms with Crippen LogP contribution in [0.25, 0.3) is 22.7 Å². The molecule has 29 heavy (non-hydrogen) atoms. The number of imidazole rings is 1. The van der Waals surface area contributed by atoms with E-state index < -0.39 is 0 Å². The minimum Gasteiger partial charge on any atom is -0.490 e. The van der Waals surface area contributed by atoms with Crippen molar-refractivity contribution in [3.05, 3.63) is 51.8 Å². The van der Waals surface area contributed by atoms with Crippen LogP contribution in [0.2, 0.25) is 0 Å². The van der Waals surface area contributed by atoms with Gasteiger partial charge in [-0.05, 0) is 84.6 Å². The fraction of sp³-hybridized carbons (Fsp3) is 0.304. The lowest BCUT2D eigenvalue weighted by atomic mass is 10.1. The number of nitriles is 1. The SMILES string of the molecule is CCOc1cc(/C=C(/C#N)c2nc3ccc(C)cc3[nH]2)cc(Br)c1O[C@H](C)CC. The highest BCUT2D eigenvalue weighted by Crippen LogP contribution is 2.38. The number of nitrogens with one attached hydrogen (secondary N) is 1. The molecule has 1 heterocycles. The van der Waals surface area contributed by atoms with Crippen LogP contribution in [-0.2, 0) is 0 Å². The monoisotopic (exact) mass is 453 g/mol. The average molecular weight is 454 g/mol. The number of fused-ring (bicyclic) bond motifs is 1. The summed E-state index contributed by atoms with van der Waals surface area (Å²) in [5, 5.41) is 9.72. The van der Waals surface area contributed by atoms with E-state index in [9.17, 15) is 5.26 Å². The third kappa shape index (κ3) is 4.80. The highest BCUT2D eigenvalue weighted by atomic mass is 79.9. The van der Waals surface area contributed by atoms with Crippen molar-refractivity contribution in [1.82, 2.24) is 9.97 Å². The topological polar surface area (TPSA) is 70.9 Å². The Hall–Kier alpha value is -2.78. The quantitative estimate of drug-likeness (QED) is 0.427. The second kappa shape index (κ2) is 9.15. The van der Waals surface area contributed by atoms with E-state index >= 15 is 0 Å². The number of hydrogen-bond acceptors (Lipinski definition) is 4. The average Bonchev–Trinajstić information content (AvgIpc) is 3.11. The number of nitrogens with zero attached hydrogens (tertiary/aromatic N) is 2. The molecule has 2 aromatic carbocycles. The van der Waals surface area contributed by atoms with Gasteiger partial charge < -0.3 is 14.5 Å². The summed E-state index contributed by atoms with van der Waals surface area (Å²) in [5.41, 5.74) is 4.15. The maximum Gasteiger partial charge on any atom is 0.175 e. The highest BCUT2D eigenvalue weighted by Gasteiger charge is 2.15. The molecular formula is C23H24BrN3O2. The first-order valence-corrected chi connectivity index (χ1v) is 10.5. The molecule has 0 fully saturated rings. The van der Waals surface area contributed by atoms with Gasteiger partial charge in [0.1, 0.15) is 11.9 Å². The predicted octanol–water partition coefficient (Wildman–Crippen LogP) is 6.27. The number of benzene rings is 2. The molecule has 0 spiro atoms. The minimum absolute atomic E-state index is 0.0700. The van der Waals surface area contributed by atoms with Crippen LogP contribution in [0.15, 0.2) is 34.8 Å². The largest absolute Gasteiger partial charge is 0.490 e. The number of halogens is 1. The Kier molecular flexibility index (Phi) is 6.60. The molecule has 150 valence electrons. The molecule has 6 heteroatoms. The third-order valence-electron chi connectivity index (χ3n) is 4.55. The molecule has 0 aliphatic rings. The summed E-state index contributed by atoms with van der Waals surface area (Å²) in [6.07, 6.45) is 2.76. The lowest BCUT2D eigenvalue weighted by Crippen LogP contribution is -2.11. The molecular weight excluding hydrogens is 430 g/mol. The van der Waals surface area contributed by atoms with Crippen LogP contribution < -0.4 is 9.47 Å². The van der Waals surface area contributed by atoms with E-state index in [2.05, 4.69) is 38.9 Å². The van der Waals surface area contributed by atoms with Crippen LogP contribution in [-0.4, -0.2) is 22.7 Å². The molecule has 1 aromatic heterocycles. The van der Waals surface area contributed by atoms with Crippen molar-refractivity contribution in [3.63, 3.8) is 0 Å². The van der Waals surface area contributed by atoms with Crippen molar-refractivity contribution in [2.45, 2.75) is 40.2 Å². The molecule has 0 unspecified atom stereocenters. The van der Waals surface area contributed by atoms with E-state index in [1.165, 1.54) is 0 Å². The summed E-state index contributed by atoms with van der Waals surface area (Å²) in [6, 6.07) is 12.0. The van der Waals surface area contributed by atoms with E-state index in [1.54, 1.807) is 6.08 Å². The summed E-state index contributed by atoms with van der Waals surface area (Å²) < 4.78 is 12.6. The van der Waals surface area contributed by atoms with Gasteiger partial charge in [-0.15, -0.1) is 0 Å². The van der Waals surface area contributed by atoms with Gasteiger partial charge in [0.05, 0.1) is 33.8 Å². The van der Waals surface area contributed by atoms with Gasteiger partial charge in [-0.1, -0.05) is 13.0 Å². The number of allylic oxidation sites excluding steroid dienone is 1. The summed E-state index contributed by atoms with van der Waals surface area (Å²) in [6.45, 7) is 8.57. The predicted molar refractivity (Wildman–Crippen MR) is 120 cm³/mol. The van der Waals surface area contributed by atoms with E-state index in [1.807, 2.05) is 51.1 Å². The normalized spacial score (nSPS) is 12.6. The van der Waals surface area contributed by atoms with Gasteiger partial charge in [0, 0.05) is 0 Å². The Bertz CT molecular complexity index is 1100. The summed E-state index contributed by atoms with van der Waals surface area (Å²) in [7, 11) is 0. The molecule has 0 aliphatic heterocycles. The van der Waals surface area contributed by atoms with Crippen LogP contribution in [0.5, 0.6) is 11.5 Å². The van der Waals surface area contributed by atoms with Crippen LogP contribution >= 0.6 is 15.9 Å². The highest BCUT2D eigenvalue weighted by molar-refractivity contribution is 9.10. The van der Waals surface area contributed by atoms with Gasteiger partial charge in [-0.25, -0.2) is 4.98 Å². The summed E-state index contributed by atoms with van der Waals surface area (Å²) in [4.78, 5) is 7.79. The summed E-state index contributed by atoms with van der Waals surface area (Å²) >= 11 is 3.59. The number of aromatic amines is 1. The van der Waals surface area contributed by atoms with E-state index in [4.69, 9.17) is 9.47 Å². The zero-order valence-corrected chi connectivity index (χ0v) is 18.6. The fourth-order valence-electron chi connectivity index (χ4n) is 2.90. The molecule has 0 amide bonds. The molecule has 1 N–H and O–H groups in total. The van der Waals surface area contributed by atoms with E-state index in [-0.39, 0.29) is 6.10 Å². The van der Waals surface area contributed by atoms with Gasteiger partial charge >= 0.3 is 0 Å². The van der Waals surface area contributed by atoms with E-state index in [0.717, 1.165) is 33.1 Å². The van der Waals surface area contributed by atoms with Gasteiger partial charge in [-0.3, -0.25) is 0 Å². The first-order chi connectivity index (χ1) is 13.9. The molecule has 1 atom stereocenters. The Morgan fingerprint density at radius 3 is 2.79 bits per heavy atom. The number of rotatable bonds is 7. The number of aromatic nitrogens is 2. The van der Waals surface area contributed by atoms with Gasteiger partial charge in [0.15, 0.2) is 11.5 Å². The van der Waals surface area contributed by atoms with Crippen molar-refractivity contribution < 1.29 is 9.47 Å². The lowest BCUT2D eigenvalue weighted by Gasteiger charge is -2.18. The molecule has 0 aliphatic carbocycles. The van der Waals surface area contributed by atoms with Gasteiger partial charge in [0.25, 0.3) is 0 Å². The van der Waals surface area contributed by atoms with Crippen molar-refractivity contribution in [3.8, 4) is 17.6 Å². The molecule has 0 bridgehead atoms.